The summed E-state index contributed by atoms with van der Waals surface area (Å²) >= 11 is 1.71. The standard InChI is InChI=1S/C16H16N2O2S/c19-12-2-4-14-16(10-12)21-15-9-11(1-3-13(15)17-14)18-5-7-20-8-6-18/h1-4,9,17H,5-8,10H2. The number of carbonyl (C=O) groups is 1. The fourth-order valence-corrected chi connectivity index (χ4v) is 3.90. The summed E-state index contributed by atoms with van der Waals surface area (Å²) in [5.41, 5.74) is 3.41. The normalized spacial score (nSPS) is 21.0. The van der Waals surface area contributed by atoms with Gasteiger partial charge in [0.1, 0.15) is 0 Å². The number of morpholine rings is 1. The third kappa shape index (κ3) is 2.47. The van der Waals surface area contributed by atoms with Gasteiger partial charge in [0.05, 0.1) is 18.9 Å². The van der Waals surface area contributed by atoms with E-state index >= 15 is 0 Å². The van der Waals surface area contributed by atoms with Gasteiger partial charge in [0.25, 0.3) is 0 Å². The van der Waals surface area contributed by atoms with Crippen LogP contribution in [-0.2, 0) is 9.53 Å². The monoisotopic (exact) mass is 300 g/mol. The minimum absolute atomic E-state index is 0.177. The molecule has 1 N–H and O–H groups in total. The molecule has 1 fully saturated rings. The van der Waals surface area contributed by atoms with Crippen LogP contribution in [0.3, 0.4) is 0 Å². The summed E-state index contributed by atoms with van der Waals surface area (Å²) in [6.07, 6.45) is 4.04. The number of anilines is 2. The molecule has 1 aliphatic carbocycles. The summed E-state index contributed by atoms with van der Waals surface area (Å²) < 4.78 is 5.40. The lowest BCUT2D eigenvalue weighted by Gasteiger charge is -2.30. The van der Waals surface area contributed by atoms with Gasteiger partial charge in [-0.2, -0.15) is 0 Å². The van der Waals surface area contributed by atoms with Gasteiger partial charge in [-0.3, -0.25) is 4.79 Å². The van der Waals surface area contributed by atoms with Crippen LogP contribution in [-0.4, -0.2) is 32.1 Å². The van der Waals surface area contributed by atoms with E-state index in [2.05, 4.69) is 28.4 Å². The summed E-state index contributed by atoms with van der Waals surface area (Å²) in [4.78, 5) is 16.2. The van der Waals surface area contributed by atoms with E-state index in [1.54, 1.807) is 17.8 Å². The molecule has 0 saturated carbocycles. The Morgan fingerprint density at radius 1 is 1.19 bits per heavy atom. The van der Waals surface area contributed by atoms with Crippen molar-refractivity contribution in [2.24, 2.45) is 0 Å². The van der Waals surface area contributed by atoms with Crippen LogP contribution in [0, 0.1) is 0 Å². The molecule has 1 aromatic rings. The van der Waals surface area contributed by atoms with Gasteiger partial charge in [0.2, 0.25) is 0 Å². The van der Waals surface area contributed by atoms with Gasteiger partial charge in [-0.1, -0.05) is 11.8 Å². The maximum absolute atomic E-state index is 11.6. The van der Waals surface area contributed by atoms with Gasteiger partial charge in [-0.05, 0) is 30.4 Å². The van der Waals surface area contributed by atoms with Gasteiger partial charge in [0, 0.05) is 40.7 Å². The molecular weight excluding hydrogens is 284 g/mol. The lowest BCUT2D eigenvalue weighted by atomic mass is 10.1. The highest BCUT2D eigenvalue weighted by Gasteiger charge is 2.22. The number of ether oxygens (including phenoxy) is 1. The van der Waals surface area contributed by atoms with E-state index in [4.69, 9.17) is 4.74 Å². The number of thioether (sulfide) groups is 1. The van der Waals surface area contributed by atoms with Crippen molar-refractivity contribution in [2.75, 3.05) is 36.5 Å². The molecule has 108 valence electrons. The topological polar surface area (TPSA) is 41.6 Å². The number of hydrogen-bond acceptors (Lipinski definition) is 5. The SMILES string of the molecule is O=C1C=CC2=C(C1)Sc1cc(N3CCOCC3)ccc1N2. The Hall–Kier alpha value is -1.72. The predicted molar refractivity (Wildman–Crippen MR) is 84.7 cm³/mol. The molecule has 3 aliphatic rings. The molecule has 0 atom stereocenters. The van der Waals surface area contributed by atoms with Gasteiger partial charge in [0.15, 0.2) is 5.78 Å². The van der Waals surface area contributed by atoms with E-state index in [9.17, 15) is 4.79 Å². The van der Waals surface area contributed by atoms with Crippen LogP contribution in [0.5, 0.6) is 0 Å². The van der Waals surface area contributed by atoms with Crippen LogP contribution in [0.4, 0.5) is 11.4 Å². The first kappa shape index (κ1) is 13.0. The smallest absolute Gasteiger partial charge is 0.160 e. The Labute approximate surface area is 127 Å². The fourth-order valence-electron chi connectivity index (χ4n) is 2.78. The molecule has 2 heterocycles. The van der Waals surface area contributed by atoms with Crippen molar-refractivity contribution in [3.63, 3.8) is 0 Å². The van der Waals surface area contributed by atoms with Crippen LogP contribution >= 0.6 is 11.8 Å². The number of benzene rings is 1. The second-order valence-electron chi connectivity index (χ2n) is 5.32. The molecule has 0 amide bonds. The lowest BCUT2D eigenvalue weighted by molar-refractivity contribution is -0.114. The Kier molecular flexibility index (Phi) is 3.24. The number of hydrogen-bond donors (Lipinski definition) is 1. The number of rotatable bonds is 1. The molecular formula is C16H16N2O2S. The molecule has 1 aromatic carbocycles. The first-order chi connectivity index (χ1) is 10.3. The molecule has 21 heavy (non-hydrogen) atoms. The van der Waals surface area contributed by atoms with E-state index in [-0.39, 0.29) is 5.78 Å². The second-order valence-corrected chi connectivity index (χ2v) is 6.46. The largest absolute Gasteiger partial charge is 0.378 e. The van der Waals surface area contributed by atoms with Gasteiger partial charge >= 0.3 is 0 Å². The molecule has 0 bridgehead atoms. The molecule has 4 rings (SSSR count). The summed E-state index contributed by atoms with van der Waals surface area (Å²) in [7, 11) is 0. The fraction of sp³-hybridized carbons (Fsp3) is 0.312. The maximum atomic E-state index is 11.6. The number of allylic oxidation sites excluding steroid dienone is 3. The molecule has 1 saturated heterocycles. The van der Waals surface area contributed by atoms with Gasteiger partial charge in [-0.25, -0.2) is 0 Å². The second kappa shape index (κ2) is 5.24. The highest BCUT2D eigenvalue weighted by molar-refractivity contribution is 8.03. The average molecular weight is 300 g/mol. The van der Waals surface area contributed by atoms with Crippen molar-refractivity contribution in [3.05, 3.63) is 41.0 Å². The highest BCUT2D eigenvalue weighted by Crippen LogP contribution is 2.44. The number of nitrogens with zero attached hydrogens (tertiary/aromatic N) is 1. The summed E-state index contributed by atoms with van der Waals surface area (Å²) in [6.45, 7) is 3.45. The maximum Gasteiger partial charge on any atom is 0.160 e. The number of nitrogens with one attached hydrogen (secondary N) is 1. The average Bonchev–Trinajstić information content (AvgIpc) is 2.53. The quantitative estimate of drug-likeness (QED) is 0.864. The number of ketones is 1. The van der Waals surface area contributed by atoms with Crippen LogP contribution in [0.2, 0.25) is 0 Å². The van der Waals surface area contributed by atoms with Crippen molar-refractivity contribution >= 4 is 28.9 Å². The van der Waals surface area contributed by atoms with Crippen LogP contribution < -0.4 is 10.2 Å². The number of carbonyl (C=O) groups excluding carboxylic acids is 1. The van der Waals surface area contributed by atoms with Crippen LogP contribution in [0.15, 0.2) is 45.8 Å². The molecule has 0 spiro atoms. The van der Waals surface area contributed by atoms with E-state index in [1.807, 2.05) is 6.08 Å². The summed E-state index contributed by atoms with van der Waals surface area (Å²) in [6, 6.07) is 6.49. The van der Waals surface area contributed by atoms with E-state index < -0.39 is 0 Å². The van der Waals surface area contributed by atoms with Crippen molar-refractivity contribution in [1.82, 2.24) is 0 Å². The van der Waals surface area contributed by atoms with Crippen LogP contribution in [0.25, 0.3) is 0 Å². The molecule has 0 radical (unpaired) electrons. The summed E-state index contributed by atoms with van der Waals surface area (Å²) in [5, 5.41) is 3.43. The predicted octanol–water partition coefficient (Wildman–Crippen LogP) is 2.78. The Bertz CT molecular complexity index is 660. The van der Waals surface area contributed by atoms with Gasteiger partial charge < -0.3 is 15.0 Å². The third-order valence-electron chi connectivity index (χ3n) is 3.92. The zero-order valence-corrected chi connectivity index (χ0v) is 12.4. The van der Waals surface area contributed by atoms with E-state index in [0.717, 1.165) is 42.6 Å². The van der Waals surface area contributed by atoms with Gasteiger partial charge in [-0.15, -0.1) is 0 Å². The highest BCUT2D eigenvalue weighted by atomic mass is 32.2. The molecule has 2 aliphatic heterocycles. The Morgan fingerprint density at radius 3 is 2.90 bits per heavy atom. The molecule has 5 heteroatoms. The minimum Gasteiger partial charge on any atom is -0.378 e. The zero-order valence-electron chi connectivity index (χ0n) is 11.6. The lowest BCUT2D eigenvalue weighted by Crippen LogP contribution is -2.36. The van der Waals surface area contributed by atoms with E-state index in [1.165, 1.54) is 10.6 Å². The van der Waals surface area contributed by atoms with Crippen molar-refractivity contribution in [1.29, 1.82) is 0 Å². The van der Waals surface area contributed by atoms with Crippen LogP contribution in [0.1, 0.15) is 6.42 Å². The molecule has 0 unspecified atom stereocenters. The molecule has 4 nitrogen and oxygen atoms in total. The minimum atomic E-state index is 0.177. The summed E-state index contributed by atoms with van der Waals surface area (Å²) in [5.74, 6) is 0.177. The van der Waals surface area contributed by atoms with Crippen molar-refractivity contribution in [2.45, 2.75) is 11.3 Å². The van der Waals surface area contributed by atoms with E-state index in [0.29, 0.717) is 6.42 Å². The van der Waals surface area contributed by atoms with Crippen molar-refractivity contribution < 1.29 is 9.53 Å². The Balaban J connectivity index is 1.62. The Morgan fingerprint density at radius 2 is 2.05 bits per heavy atom. The number of fused-ring (bicyclic) bond motifs is 1. The zero-order chi connectivity index (χ0) is 14.2. The third-order valence-corrected chi connectivity index (χ3v) is 5.08. The van der Waals surface area contributed by atoms with Crippen molar-refractivity contribution in [3.8, 4) is 0 Å². The first-order valence-corrected chi connectivity index (χ1v) is 7.97. The molecule has 0 aromatic heterocycles. The first-order valence-electron chi connectivity index (χ1n) is 7.15.